The number of hydrogen-bond acceptors (Lipinski definition) is 5. The number of thioether (sulfide) groups is 1. The average Bonchev–Trinajstić information content (AvgIpc) is 2.75. The van der Waals surface area contributed by atoms with Crippen LogP contribution in [0.5, 0.6) is 0 Å². The van der Waals surface area contributed by atoms with E-state index in [1.807, 2.05) is 57.1 Å². The van der Waals surface area contributed by atoms with Crippen molar-refractivity contribution < 1.29 is 19.8 Å². The molecule has 130 valence electrons. The minimum absolute atomic E-state index is 0.283. The van der Waals surface area contributed by atoms with Gasteiger partial charge in [0.25, 0.3) is 0 Å². The second-order valence-electron chi connectivity index (χ2n) is 7.05. The summed E-state index contributed by atoms with van der Waals surface area (Å²) in [6, 6.07) is 6.57. The predicted molar refractivity (Wildman–Crippen MR) is 92.9 cm³/mol. The van der Waals surface area contributed by atoms with E-state index in [9.17, 15) is 19.8 Å². The van der Waals surface area contributed by atoms with E-state index in [1.165, 1.54) is 16.7 Å². The number of amides is 1. The second kappa shape index (κ2) is 5.67. The Hall–Kier alpha value is -1.73. The summed E-state index contributed by atoms with van der Waals surface area (Å²) in [6.45, 7) is 3.66. The molecule has 0 radical (unpaired) electrons. The highest BCUT2D eigenvalue weighted by Gasteiger charge is 2.65. The molecular weight excluding hydrogens is 328 g/mol. The highest BCUT2D eigenvalue weighted by molar-refractivity contribution is 8.01. The minimum Gasteiger partial charge on any atom is -0.480 e. The van der Waals surface area contributed by atoms with Crippen LogP contribution in [0, 0.1) is 5.92 Å². The average molecular weight is 350 g/mol. The number of aliphatic hydroxyl groups excluding tert-OH is 1. The first kappa shape index (κ1) is 17.1. The summed E-state index contributed by atoms with van der Waals surface area (Å²) in [5.74, 6) is -1.87. The molecule has 3 rings (SSSR count). The number of aliphatic hydroxyl groups is 1. The van der Waals surface area contributed by atoms with Gasteiger partial charge in [-0.3, -0.25) is 4.79 Å². The lowest BCUT2D eigenvalue weighted by Gasteiger charge is -2.45. The van der Waals surface area contributed by atoms with Crippen LogP contribution in [0.1, 0.15) is 25.5 Å². The van der Waals surface area contributed by atoms with Crippen molar-refractivity contribution >= 4 is 29.3 Å². The number of anilines is 1. The summed E-state index contributed by atoms with van der Waals surface area (Å²) in [6.07, 6.45) is -0.925. The van der Waals surface area contributed by atoms with Crippen molar-refractivity contribution in [2.24, 2.45) is 5.92 Å². The highest BCUT2D eigenvalue weighted by atomic mass is 32.2. The summed E-state index contributed by atoms with van der Waals surface area (Å²) in [5, 5.41) is 19.8. The number of carbonyl (C=O) groups is 2. The lowest BCUT2D eigenvalue weighted by Crippen LogP contribution is -2.63. The fourth-order valence-electron chi connectivity index (χ4n) is 3.51. The molecule has 4 atom stereocenters. The number of fused-ring (bicyclic) bond motifs is 1. The zero-order valence-corrected chi connectivity index (χ0v) is 14.9. The lowest BCUT2D eigenvalue weighted by atomic mass is 9.85. The largest absolute Gasteiger partial charge is 0.480 e. The van der Waals surface area contributed by atoms with E-state index >= 15 is 0 Å². The van der Waals surface area contributed by atoms with Gasteiger partial charge in [0.2, 0.25) is 5.91 Å². The Morgan fingerprint density at radius 3 is 2.38 bits per heavy atom. The van der Waals surface area contributed by atoms with Gasteiger partial charge in [0.15, 0.2) is 0 Å². The van der Waals surface area contributed by atoms with E-state index < -0.39 is 28.8 Å². The molecular formula is C17H22N2O4S. The molecule has 0 saturated carbocycles. The Morgan fingerprint density at radius 1 is 1.29 bits per heavy atom. The van der Waals surface area contributed by atoms with E-state index in [4.69, 9.17) is 0 Å². The number of carbonyl (C=O) groups excluding carboxylic acids is 1. The topological polar surface area (TPSA) is 81.1 Å². The van der Waals surface area contributed by atoms with Crippen LogP contribution in [-0.2, 0) is 9.59 Å². The molecule has 1 amide bonds. The number of nitrogens with zero attached hydrogens (tertiary/aromatic N) is 2. The Labute approximate surface area is 145 Å². The van der Waals surface area contributed by atoms with Crippen LogP contribution >= 0.6 is 11.8 Å². The van der Waals surface area contributed by atoms with E-state index in [2.05, 4.69) is 0 Å². The van der Waals surface area contributed by atoms with Crippen LogP contribution in [0.2, 0.25) is 0 Å². The molecule has 6 nitrogen and oxygen atoms in total. The van der Waals surface area contributed by atoms with Gasteiger partial charge in [-0.05, 0) is 31.5 Å². The first-order chi connectivity index (χ1) is 11.1. The molecule has 2 saturated heterocycles. The Morgan fingerprint density at radius 2 is 1.88 bits per heavy atom. The highest BCUT2D eigenvalue weighted by Crippen LogP contribution is 2.55. The number of benzene rings is 1. The molecule has 2 heterocycles. The Kier molecular flexibility index (Phi) is 4.04. The van der Waals surface area contributed by atoms with Crippen LogP contribution in [0.15, 0.2) is 24.3 Å². The van der Waals surface area contributed by atoms with Crippen molar-refractivity contribution in [2.75, 3.05) is 19.0 Å². The van der Waals surface area contributed by atoms with Crippen LogP contribution in [0.25, 0.3) is 0 Å². The molecule has 24 heavy (non-hydrogen) atoms. The van der Waals surface area contributed by atoms with Gasteiger partial charge < -0.3 is 20.0 Å². The third-order valence-electron chi connectivity index (χ3n) is 4.81. The van der Waals surface area contributed by atoms with E-state index in [0.717, 1.165) is 5.69 Å². The van der Waals surface area contributed by atoms with Gasteiger partial charge in [0, 0.05) is 24.5 Å². The van der Waals surface area contributed by atoms with Crippen molar-refractivity contribution in [3.8, 4) is 0 Å². The first-order valence-electron chi connectivity index (χ1n) is 7.83. The van der Waals surface area contributed by atoms with E-state index in [1.54, 1.807) is 0 Å². The van der Waals surface area contributed by atoms with E-state index in [0.29, 0.717) is 5.56 Å². The van der Waals surface area contributed by atoms with Gasteiger partial charge in [0.1, 0.15) is 6.04 Å². The van der Waals surface area contributed by atoms with Crippen molar-refractivity contribution in [1.82, 2.24) is 4.90 Å². The van der Waals surface area contributed by atoms with E-state index in [-0.39, 0.29) is 11.3 Å². The third-order valence-corrected chi connectivity index (χ3v) is 6.40. The maximum Gasteiger partial charge on any atom is 0.327 e. The number of hydrogen-bond donors (Lipinski definition) is 2. The third kappa shape index (κ3) is 2.46. The molecule has 0 spiro atoms. The molecule has 2 N–H and O–H groups in total. The van der Waals surface area contributed by atoms with Crippen LogP contribution in [0.3, 0.4) is 0 Å². The summed E-state index contributed by atoms with van der Waals surface area (Å²) < 4.78 is -0.574. The lowest BCUT2D eigenvalue weighted by molar-refractivity contribution is -0.169. The Balaban J connectivity index is 1.82. The molecule has 2 aliphatic rings. The zero-order valence-electron chi connectivity index (χ0n) is 14.1. The second-order valence-corrected chi connectivity index (χ2v) is 8.83. The molecule has 1 unspecified atom stereocenters. The molecule has 1 aromatic rings. The van der Waals surface area contributed by atoms with Crippen molar-refractivity contribution in [2.45, 2.75) is 36.1 Å². The maximum atomic E-state index is 12.5. The fourth-order valence-corrected chi connectivity index (χ4v) is 5.23. The van der Waals surface area contributed by atoms with Gasteiger partial charge in [0.05, 0.1) is 17.4 Å². The van der Waals surface area contributed by atoms with Crippen LogP contribution < -0.4 is 4.90 Å². The molecule has 2 aliphatic heterocycles. The van der Waals surface area contributed by atoms with Gasteiger partial charge in [-0.15, -0.1) is 11.8 Å². The summed E-state index contributed by atoms with van der Waals surface area (Å²) in [4.78, 5) is 27.4. The number of carboxylic acid groups (broad SMARTS) is 1. The smallest absolute Gasteiger partial charge is 0.327 e. The summed E-state index contributed by atoms with van der Waals surface area (Å²) in [5.41, 5.74) is 1.69. The molecule has 0 bridgehead atoms. The molecule has 7 heteroatoms. The normalized spacial score (nSPS) is 29.0. The van der Waals surface area contributed by atoms with Crippen LogP contribution in [0.4, 0.5) is 5.69 Å². The number of rotatable bonds is 4. The van der Waals surface area contributed by atoms with Crippen molar-refractivity contribution in [3.63, 3.8) is 0 Å². The predicted octanol–water partition coefficient (Wildman–Crippen LogP) is 1.55. The quantitative estimate of drug-likeness (QED) is 0.802. The van der Waals surface area contributed by atoms with Crippen molar-refractivity contribution in [1.29, 1.82) is 0 Å². The number of carboxylic acids is 1. The summed E-state index contributed by atoms with van der Waals surface area (Å²) in [7, 11) is 3.87. The fraction of sp³-hybridized carbons (Fsp3) is 0.529. The van der Waals surface area contributed by atoms with Gasteiger partial charge >= 0.3 is 5.97 Å². The zero-order chi connectivity index (χ0) is 17.8. The maximum absolute atomic E-state index is 12.5. The Bertz CT molecular complexity index is 674. The number of β-lactam (4-membered cyclic amide) rings is 1. The van der Waals surface area contributed by atoms with Gasteiger partial charge in [-0.1, -0.05) is 12.1 Å². The molecule has 0 aromatic heterocycles. The minimum atomic E-state index is -0.994. The first-order valence-corrected chi connectivity index (χ1v) is 8.71. The SMILES string of the molecule is CN(C)c1ccc(C(O)[C@@H]2C(=O)N3[C@@H]2SC(C)(C)[C@@H]3C(=O)O)cc1. The monoisotopic (exact) mass is 350 g/mol. The molecule has 2 fully saturated rings. The van der Waals surface area contributed by atoms with Crippen LogP contribution in [-0.4, -0.2) is 57.2 Å². The molecule has 0 aliphatic carbocycles. The van der Waals surface area contributed by atoms with Crippen molar-refractivity contribution in [3.05, 3.63) is 29.8 Å². The van der Waals surface area contributed by atoms with Gasteiger partial charge in [-0.2, -0.15) is 0 Å². The van der Waals surface area contributed by atoms with Gasteiger partial charge in [-0.25, -0.2) is 4.79 Å². The molecule has 1 aromatic carbocycles. The summed E-state index contributed by atoms with van der Waals surface area (Å²) >= 11 is 1.45. The number of aliphatic carboxylic acids is 1. The standard InChI is InChI=1S/C17H22N2O4S/c1-17(2)13(16(22)23)19-14(21)11(15(19)24-17)12(20)9-5-7-10(8-6-9)18(3)4/h5-8,11-13,15,20H,1-4H3,(H,22,23)/t11-,12?,13+,15-/m1/s1.